The lowest BCUT2D eigenvalue weighted by molar-refractivity contribution is -0.125. The Labute approximate surface area is 155 Å². The van der Waals surface area contributed by atoms with Gasteiger partial charge in [0.1, 0.15) is 11.5 Å². The molecule has 2 aromatic carbocycles. The molecule has 0 spiro atoms. The van der Waals surface area contributed by atoms with Gasteiger partial charge in [0.05, 0.1) is 12.2 Å². The third kappa shape index (κ3) is 4.97. The molecule has 0 unspecified atom stereocenters. The number of hydrogen-bond acceptors (Lipinski definition) is 5. The largest absolute Gasteiger partial charge is 0.484 e. The Hall–Kier alpha value is -3.55. The Morgan fingerprint density at radius 1 is 1.15 bits per heavy atom. The first kappa shape index (κ1) is 18.2. The van der Waals surface area contributed by atoms with Crippen molar-refractivity contribution in [1.82, 2.24) is 5.32 Å². The fourth-order valence-electron chi connectivity index (χ4n) is 2.39. The first-order valence-corrected chi connectivity index (χ1v) is 8.37. The molecule has 0 aromatic heterocycles. The standard InChI is InChI=1S/C19H19N3O5/c1-12-19(25)22-15-9-13(7-8-16(15)27-12)21-17(23)10-20-18(24)11-26-14-5-3-2-4-6-14/h2-9,12H,10-11H2,1H3,(H,20,24)(H,21,23)(H,22,25)/t12-/m1/s1. The van der Waals surface area contributed by atoms with Gasteiger partial charge in [0.2, 0.25) is 5.91 Å². The molecule has 3 N–H and O–H groups in total. The fraction of sp³-hybridized carbons (Fsp3) is 0.211. The Morgan fingerprint density at radius 2 is 1.93 bits per heavy atom. The molecule has 1 heterocycles. The molecule has 0 saturated heterocycles. The maximum atomic E-state index is 12.0. The van der Waals surface area contributed by atoms with Crippen molar-refractivity contribution in [2.24, 2.45) is 0 Å². The molecule has 8 nitrogen and oxygen atoms in total. The summed E-state index contributed by atoms with van der Waals surface area (Å²) in [5.41, 5.74) is 0.961. The van der Waals surface area contributed by atoms with E-state index in [1.54, 1.807) is 49.4 Å². The van der Waals surface area contributed by atoms with E-state index in [0.29, 0.717) is 22.9 Å². The van der Waals surface area contributed by atoms with Crippen LogP contribution >= 0.6 is 0 Å². The minimum absolute atomic E-state index is 0.183. The molecule has 1 atom stereocenters. The molecule has 3 amide bonds. The van der Waals surface area contributed by atoms with Gasteiger partial charge >= 0.3 is 0 Å². The summed E-state index contributed by atoms with van der Waals surface area (Å²) in [6, 6.07) is 13.8. The number of carbonyl (C=O) groups excluding carboxylic acids is 3. The van der Waals surface area contributed by atoms with Crippen molar-refractivity contribution in [3.63, 3.8) is 0 Å². The SMILES string of the molecule is C[C@H]1Oc2ccc(NC(=O)CNC(=O)COc3ccccc3)cc2NC1=O. The summed E-state index contributed by atoms with van der Waals surface area (Å²) < 4.78 is 10.8. The van der Waals surface area contributed by atoms with E-state index in [1.165, 1.54) is 0 Å². The quantitative estimate of drug-likeness (QED) is 0.716. The van der Waals surface area contributed by atoms with Crippen LogP contribution in [-0.4, -0.2) is 37.0 Å². The topological polar surface area (TPSA) is 106 Å². The van der Waals surface area contributed by atoms with Crippen LogP contribution in [0.3, 0.4) is 0 Å². The van der Waals surface area contributed by atoms with Gasteiger partial charge in [-0.15, -0.1) is 0 Å². The molecule has 0 aliphatic carbocycles. The number of rotatable bonds is 6. The van der Waals surface area contributed by atoms with Crippen LogP contribution in [0.1, 0.15) is 6.92 Å². The second-order valence-corrected chi connectivity index (χ2v) is 5.89. The van der Waals surface area contributed by atoms with Crippen LogP contribution in [-0.2, 0) is 14.4 Å². The molecule has 2 aromatic rings. The van der Waals surface area contributed by atoms with E-state index < -0.39 is 17.9 Å². The predicted octanol–water partition coefficient (Wildman–Crippen LogP) is 1.54. The first-order chi connectivity index (χ1) is 13.0. The molecule has 0 radical (unpaired) electrons. The maximum absolute atomic E-state index is 12.0. The van der Waals surface area contributed by atoms with Crippen molar-refractivity contribution < 1.29 is 23.9 Å². The third-order valence-electron chi connectivity index (χ3n) is 3.75. The van der Waals surface area contributed by atoms with Crippen molar-refractivity contribution in [3.8, 4) is 11.5 Å². The molecule has 0 saturated carbocycles. The predicted molar refractivity (Wildman–Crippen MR) is 98.7 cm³/mol. The summed E-state index contributed by atoms with van der Waals surface area (Å²) in [4.78, 5) is 35.4. The normalized spacial score (nSPS) is 15.0. The Kier molecular flexibility index (Phi) is 5.55. The molecule has 27 heavy (non-hydrogen) atoms. The Balaban J connectivity index is 1.46. The van der Waals surface area contributed by atoms with Crippen LogP contribution < -0.4 is 25.4 Å². The third-order valence-corrected chi connectivity index (χ3v) is 3.75. The van der Waals surface area contributed by atoms with E-state index in [1.807, 2.05) is 6.07 Å². The minimum Gasteiger partial charge on any atom is -0.484 e. The lowest BCUT2D eigenvalue weighted by Gasteiger charge is -2.23. The highest BCUT2D eigenvalue weighted by Crippen LogP contribution is 2.32. The number of benzene rings is 2. The van der Waals surface area contributed by atoms with Gasteiger partial charge in [-0.3, -0.25) is 14.4 Å². The van der Waals surface area contributed by atoms with Crippen LogP contribution in [0.2, 0.25) is 0 Å². The zero-order valence-corrected chi connectivity index (χ0v) is 14.7. The van der Waals surface area contributed by atoms with Crippen molar-refractivity contribution in [2.75, 3.05) is 23.8 Å². The molecule has 1 aliphatic rings. The van der Waals surface area contributed by atoms with Crippen LogP contribution in [0.5, 0.6) is 11.5 Å². The van der Waals surface area contributed by atoms with Gasteiger partial charge < -0.3 is 25.4 Å². The molecular weight excluding hydrogens is 350 g/mol. The highest BCUT2D eigenvalue weighted by molar-refractivity contribution is 5.99. The van der Waals surface area contributed by atoms with Crippen LogP contribution in [0.4, 0.5) is 11.4 Å². The number of fused-ring (bicyclic) bond motifs is 1. The molecule has 1 aliphatic heterocycles. The lowest BCUT2D eigenvalue weighted by Crippen LogP contribution is -2.36. The monoisotopic (exact) mass is 369 g/mol. The van der Waals surface area contributed by atoms with Gasteiger partial charge in [0, 0.05) is 5.69 Å². The van der Waals surface area contributed by atoms with Gasteiger partial charge in [-0.25, -0.2) is 0 Å². The van der Waals surface area contributed by atoms with Crippen molar-refractivity contribution in [2.45, 2.75) is 13.0 Å². The van der Waals surface area contributed by atoms with Crippen LogP contribution in [0.15, 0.2) is 48.5 Å². The summed E-state index contributed by atoms with van der Waals surface area (Å²) >= 11 is 0. The molecule has 140 valence electrons. The number of ether oxygens (including phenoxy) is 2. The van der Waals surface area contributed by atoms with Crippen molar-refractivity contribution in [1.29, 1.82) is 0 Å². The van der Waals surface area contributed by atoms with Crippen molar-refractivity contribution >= 4 is 29.1 Å². The second-order valence-electron chi connectivity index (χ2n) is 5.89. The van der Waals surface area contributed by atoms with Gasteiger partial charge in [-0.05, 0) is 37.3 Å². The summed E-state index contributed by atoms with van der Waals surface area (Å²) in [6.45, 7) is 1.27. The number of anilines is 2. The average Bonchev–Trinajstić information content (AvgIpc) is 2.67. The van der Waals surface area contributed by atoms with Gasteiger partial charge in [0.15, 0.2) is 12.7 Å². The van der Waals surface area contributed by atoms with Crippen LogP contribution in [0.25, 0.3) is 0 Å². The summed E-state index contributed by atoms with van der Waals surface area (Å²) in [5, 5.41) is 7.83. The number of carbonyl (C=O) groups is 3. The molecule has 0 bridgehead atoms. The van der Waals surface area contributed by atoms with Gasteiger partial charge in [-0.1, -0.05) is 18.2 Å². The highest BCUT2D eigenvalue weighted by Gasteiger charge is 2.23. The summed E-state index contributed by atoms with van der Waals surface area (Å²) in [5.74, 6) is 0.0430. The van der Waals surface area contributed by atoms with E-state index in [2.05, 4.69) is 16.0 Å². The smallest absolute Gasteiger partial charge is 0.265 e. The van der Waals surface area contributed by atoms with E-state index in [9.17, 15) is 14.4 Å². The maximum Gasteiger partial charge on any atom is 0.265 e. The van der Waals surface area contributed by atoms with Crippen LogP contribution in [0, 0.1) is 0 Å². The minimum atomic E-state index is -0.564. The summed E-state index contributed by atoms with van der Waals surface area (Å²) in [6.07, 6.45) is -0.564. The molecular formula is C19H19N3O5. The average molecular weight is 369 g/mol. The van der Waals surface area contributed by atoms with E-state index in [4.69, 9.17) is 9.47 Å². The van der Waals surface area contributed by atoms with Gasteiger partial charge in [0.25, 0.3) is 11.8 Å². The first-order valence-electron chi connectivity index (χ1n) is 8.37. The van der Waals surface area contributed by atoms with Crippen molar-refractivity contribution in [3.05, 3.63) is 48.5 Å². The van der Waals surface area contributed by atoms with Gasteiger partial charge in [-0.2, -0.15) is 0 Å². The molecule has 8 heteroatoms. The number of amides is 3. The molecule has 3 rings (SSSR count). The second kappa shape index (κ2) is 8.22. The summed E-state index contributed by atoms with van der Waals surface area (Å²) in [7, 11) is 0. The number of hydrogen-bond donors (Lipinski definition) is 3. The van der Waals surface area contributed by atoms with E-state index in [-0.39, 0.29) is 19.1 Å². The number of nitrogens with one attached hydrogen (secondary N) is 3. The Morgan fingerprint density at radius 3 is 2.70 bits per heavy atom. The Bertz CT molecular complexity index is 854. The van der Waals surface area contributed by atoms with E-state index in [0.717, 1.165) is 0 Å². The highest BCUT2D eigenvalue weighted by atomic mass is 16.5. The zero-order valence-electron chi connectivity index (χ0n) is 14.7. The van der Waals surface area contributed by atoms with E-state index >= 15 is 0 Å². The zero-order chi connectivity index (χ0) is 19.2. The fourth-order valence-corrected chi connectivity index (χ4v) is 2.39. The number of para-hydroxylation sites is 1. The molecule has 0 fully saturated rings. The lowest BCUT2D eigenvalue weighted by atomic mass is 10.2.